The van der Waals surface area contributed by atoms with Crippen LogP contribution in [0.2, 0.25) is 0 Å². The first kappa shape index (κ1) is 14.9. The van der Waals surface area contributed by atoms with Gasteiger partial charge in [0.05, 0.1) is 17.7 Å². The summed E-state index contributed by atoms with van der Waals surface area (Å²) in [6.07, 6.45) is 2.94. The number of likely N-dealkylation sites (N-methyl/N-ethyl adjacent to an activating group) is 1. The summed E-state index contributed by atoms with van der Waals surface area (Å²) in [5, 5.41) is 7.63. The van der Waals surface area contributed by atoms with Crippen LogP contribution in [0.4, 0.5) is 0 Å². The molecule has 0 amide bonds. The molecule has 4 nitrogen and oxygen atoms in total. The van der Waals surface area contributed by atoms with Gasteiger partial charge >= 0.3 is 0 Å². The number of aromatic nitrogens is 2. The zero-order valence-corrected chi connectivity index (χ0v) is 13.0. The van der Waals surface area contributed by atoms with Crippen molar-refractivity contribution in [3.8, 4) is 5.75 Å². The maximum absolute atomic E-state index is 5.43. The van der Waals surface area contributed by atoms with Crippen LogP contribution in [0.5, 0.6) is 5.75 Å². The molecule has 0 fully saturated rings. The van der Waals surface area contributed by atoms with Crippen molar-refractivity contribution in [2.24, 2.45) is 0 Å². The van der Waals surface area contributed by atoms with Crippen LogP contribution in [0, 0.1) is 0 Å². The van der Waals surface area contributed by atoms with Gasteiger partial charge in [-0.25, -0.2) is 0 Å². The molecule has 0 spiro atoms. The SMILES string of the molecule is CCCc1nnsc1C(Cc1ccccc1OC)NC. The number of nitrogens with one attached hydrogen (secondary N) is 1. The lowest BCUT2D eigenvalue weighted by Gasteiger charge is -2.17. The van der Waals surface area contributed by atoms with Gasteiger partial charge in [0.1, 0.15) is 5.75 Å². The number of aryl methyl sites for hydroxylation is 1. The molecule has 1 N–H and O–H groups in total. The van der Waals surface area contributed by atoms with E-state index >= 15 is 0 Å². The lowest BCUT2D eigenvalue weighted by Crippen LogP contribution is -2.19. The number of nitrogens with zero attached hydrogens (tertiary/aromatic N) is 2. The van der Waals surface area contributed by atoms with Gasteiger partial charge in [-0.2, -0.15) is 0 Å². The van der Waals surface area contributed by atoms with E-state index in [2.05, 4.69) is 27.9 Å². The second kappa shape index (κ2) is 7.36. The number of methoxy groups -OCH3 is 1. The molecule has 1 heterocycles. The minimum Gasteiger partial charge on any atom is -0.496 e. The number of benzene rings is 1. The minimum absolute atomic E-state index is 0.229. The van der Waals surface area contributed by atoms with Crippen LogP contribution >= 0.6 is 11.5 Å². The summed E-state index contributed by atoms with van der Waals surface area (Å²) in [4.78, 5) is 1.24. The van der Waals surface area contributed by atoms with E-state index in [1.807, 2.05) is 25.2 Å². The molecule has 1 atom stereocenters. The van der Waals surface area contributed by atoms with E-state index < -0.39 is 0 Å². The molecule has 5 heteroatoms. The van der Waals surface area contributed by atoms with Gasteiger partial charge in [-0.3, -0.25) is 0 Å². The first-order chi connectivity index (χ1) is 9.80. The highest BCUT2D eigenvalue weighted by molar-refractivity contribution is 7.05. The fourth-order valence-corrected chi connectivity index (χ4v) is 3.11. The van der Waals surface area contributed by atoms with Crippen molar-refractivity contribution in [1.29, 1.82) is 0 Å². The molecule has 0 radical (unpaired) electrons. The number of ether oxygens (including phenoxy) is 1. The zero-order chi connectivity index (χ0) is 14.4. The average Bonchev–Trinajstić information content (AvgIpc) is 2.93. The summed E-state index contributed by atoms with van der Waals surface area (Å²) >= 11 is 1.49. The van der Waals surface area contributed by atoms with Gasteiger partial charge in [-0.15, -0.1) is 5.10 Å². The van der Waals surface area contributed by atoms with Gasteiger partial charge in [-0.05, 0) is 43.1 Å². The van der Waals surface area contributed by atoms with Gasteiger partial charge < -0.3 is 10.1 Å². The normalized spacial score (nSPS) is 12.3. The van der Waals surface area contributed by atoms with Crippen molar-refractivity contribution in [2.75, 3.05) is 14.2 Å². The Balaban J connectivity index is 2.22. The van der Waals surface area contributed by atoms with Gasteiger partial charge in [-0.1, -0.05) is 36.0 Å². The lowest BCUT2D eigenvalue weighted by atomic mass is 10.0. The summed E-state index contributed by atoms with van der Waals surface area (Å²) in [7, 11) is 3.69. The number of hydrogen-bond acceptors (Lipinski definition) is 5. The molecule has 0 bridgehead atoms. The molecule has 1 unspecified atom stereocenters. The maximum atomic E-state index is 5.43. The molecule has 0 saturated heterocycles. The molecule has 2 aromatic rings. The number of hydrogen-bond donors (Lipinski definition) is 1. The monoisotopic (exact) mass is 291 g/mol. The van der Waals surface area contributed by atoms with Crippen LogP contribution in [-0.4, -0.2) is 23.7 Å². The van der Waals surface area contributed by atoms with Gasteiger partial charge in [0.25, 0.3) is 0 Å². The third-order valence-electron chi connectivity index (χ3n) is 3.35. The van der Waals surface area contributed by atoms with Gasteiger partial charge in [0.15, 0.2) is 0 Å². The fourth-order valence-electron chi connectivity index (χ4n) is 2.31. The third-order valence-corrected chi connectivity index (χ3v) is 4.23. The molecule has 0 saturated carbocycles. The fraction of sp³-hybridized carbons (Fsp3) is 0.467. The highest BCUT2D eigenvalue weighted by atomic mass is 32.1. The standard InChI is InChI=1S/C15H21N3OS/c1-4-7-12-15(20-18-17-12)13(16-2)10-11-8-5-6-9-14(11)19-3/h5-6,8-9,13,16H,4,7,10H2,1-3H3. The molecule has 2 rings (SSSR count). The predicted octanol–water partition coefficient (Wildman–Crippen LogP) is 3.00. The molecule has 1 aromatic carbocycles. The zero-order valence-electron chi connectivity index (χ0n) is 12.2. The van der Waals surface area contributed by atoms with Crippen LogP contribution < -0.4 is 10.1 Å². The lowest BCUT2D eigenvalue weighted by molar-refractivity contribution is 0.406. The van der Waals surface area contributed by atoms with E-state index in [-0.39, 0.29) is 6.04 Å². The first-order valence-corrected chi connectivity index (χ1v) is 7.67. The van der Waals surface area contributed by atoms with Crippen molar-refractivity contribution in [3.63, 3.8) is 0 Å². The van der Waals surface area contributed by atoms with Crippen LogP contribution in [0.25, 0.3) is 0 Å². The molecule has 1 aromatic heterocycles. The molecule has 0 aliphatic carbocycles. The molecular formula is C15H21N3OS. The van der Waals surface area contributed by atoms with E-state index in [0.717, 1.165) is 30.7 Å². The van der Waals surface area contributed by atoms with Crippen LogP contribution in [0.3, 0.4) is 0 Å². The molecule has 20 heavy (non-hydrogen) atoms. The van der Waals surface area contributed by atoms with Gasteiger partial charge in [0, 0.05) is 6.04 Å². The summed E-state index contributed by atoms with van der Waals surface area (Å²) in [5.41, 5.74) is 2.32. The Morgan fingerprint density at radius 3 is 2.85 bits per heavy atom. The topological polar surface area (TPSA) is 47.0 Å². The van der Waals surface area contributed by atoms with Crippen molar-refractivity contribution < 1.29 is 4.74 Å². The Labute approximate surface area is 124 Å². The highest BCUT2D eigenvalue weighted by Crippen LogP contribution is 2.28. The molecule has 0 aliphatic heterocycles. The van der Waals surface area contributed by atoms with Gasteiger partial charge in [0.2, 0.25) is 0 Å². The minimum atomic E-state index is 0.229. The number of para-hydroxylation sites is 1. The second-order valence-corrected chi connectivity index (χ2v) is 5.48. The summed E-state index contributed by atoms with van der Waals surface area (Å²) < 4.78 is 9.54. The quantitative estimate of drug-likeness (QED) is 0.852. The molecule has 108 valence electrons. The summed E-state index contributed by atoms with van der Waals surface area (Å²) in [5.74, 6) is 0.933. The van der Waals surface area contributed by atoms with Crippen molar-refractivity contribution in [3.05, 3.63) is 40.4 Å². The predicted molar refractivity (Wildman–Crippen MR) is 82.4 cm³/mol. The van der Waals surface area contributed by atoms with E-state index in [1.54, 1.807) is 7.11 Å². The Morgan fingerprint density at radius 2 is 2.15 bits per heavy atom. The summed E-state index contributed by atoms with van der Waals surface area (Å²) in [6.45, 7) is 2.16. The van der Waals surface area contributed by atoms with Crippen molar-refractivity contribution in [2.45, 2.75) is 32.2 Å². The van der Waals surface area contributed by atoms with Crippen molar-refractivity contribution in [1.82, 2.24) is 14.9 Å². The van der Waals surface area contributed by atoms with Crippen LogP contribution in [0.15, 0.2) is 24.3 Å². The molecular weight excluding hydrogens is 270 g/mol. The third kappa shape index (κ3) is 3.35. The Kier molecular flexibility index (Phi) is 5.49. The second-order valence-electron chi connectivity index (χ2n) is 4.69. The van der Waals surface area contributed by atoms with E-state index in [9.17, 15) is 0 Å². The van der Waals surface area contributed by atoms with Crippen LogP contribution in [0.1, 0.15) is 35.5 Å². The summed E-state index contributed by atoms with van der Waals surface area (Å²) in [6, 6.07) is 8.38. The average molecular weight is 291 g/mol. The smallest absolute Gasteiger partial charge is 0.122 e. The largest absolute Gasteiger partial charge is 0.496 e. The number of rotatable bonds is 7. The van der Waals surface area contributed by atoms with E-state index in [4.69, 9.17) is 4.74 Å². The first-order valence-electron chi connectivity index (χ1n) is 6.90. The molecule has 0 aliphatic rings. The van der Waals surface area contributed by atoms with Crippen molar-refractivity contribution >= 4 is 11.5 Å². The Morgan fingerprint density at radius 1 is 1.35 bits per heavy atom. The van der Waals surface area contributed by atoms with E-state index in [1.165, 1.54) is 22.0 Å². The van der Waals surface area contributed by atoms with Crippen LogP contribution in [-0.2, 0) is 12.8 Å². The van der Waals surface area contributed by atoms with E-state index in [0.29, 0.717) is 0 Å². The Hall–Kier alpha value is -1.46. The highest BCUT2D eigenvalue weighted by Gasteiger charge is 2.19. The maximum Gasteiger partial charge on any atom is 0.122 e. The Bertz CT molecular complexity index is 541.